The number of hydrogen-bond acceptors (Lipinski definition) is 3. The second kappa shape index (κ2) is 5.33. The number of rotatable bonds is 3. The first-order valence-electron chi connectivity index (χ1n) is 8.06. The number of Topliss-reactive ketones (excluding diaryl/α,β-unsaturated/α-hetero) is 1. The molecule has 0 radical (unpaired) electrons. The summed E-state index contributed by atoms with van der Waals surface area (Å²) in [7, 11) is 1.78. The zero-order valence-electron chi connectivity index (χ0n) is 13.1. The van der Waals surface area contributed by atoms with Gasteiger partial charge in [-0.3, -0.25) is 9.59 Å². The number of aryl methyl sites for hydroxylation is 2. The monoisotopic (exact) mass is 309 g/mol. The Morgan fingerprint density at radius 2 is 2.09 bits per heavy atom. The fourth-order valence-electron chi connectivity index (χ4n) is 3.87. The van der Waals surface area contributed by atoms with Crippen LogP contribution in [0, 0.1) is 5.92 Å². The van der Waals surface area contributed by atoms with Crippen LogP contribution in [0.1, 0.15) is 40.6 Å². The van der Waals surface area contributed by atoms with Gasteiger partial charge in [-0.25, -0.2) is 4.98 Å². The van der Waals surface area contributed by atoms with Crippen molar-refractivity contribution in [2.24, 2.45) is 13.0 Å². The highest BCUT2D eigenvalue weighted by molar-refractivity contribution is 6.09. The van der Waals surface area contributed by atoms with E-state index in [0.29, 0.717) is 18.8 Å². The number of fused-ring (bicyclic) bond motifs is 1. The van der Waals surface area contributed by atoms with Crippen molar-refractivity contribution < 1.29 is 9.59 Å². The fraction of sp³-hybridized carbons (Fsp3) is 0.389. The number of imidazole rings is 1. The number of benzene rings is 1. The number of likely N-dealkylation sites (tertiary alicyclic amines) is 1. The van der Waals surface area contributed by atoms with Crippen molar-refractivity contribution >= 4 is 11.7 Å². The van der Waals surface area contributed by atoms with E-state index in [9.17, 15) is 9.59 Å². The molecule has 1 amide bonds. The molecule has 2 atom stereocenters. The summed E-state index contributed by atoms with van der Waals surface area (Å²) >= 11 is 0. The maximum absolute atomic E-state index is 12.8. The quantitative estimate of drug-likeness (QED) is 0.645. The van der Waals surface area contributed by atoms with E-state index in [2.05, 4.69) is 17.1 Å². The standard InChI is InChI=1S/C18H19N3O2/c1-20-11-9-19-17(20)16(22)14-8-10-21(18(14)23)15-7-6-12-4-2-3-5-13(12)15/h2-5,9,11,14-15H,6-8,10H2,1H3. The summed E-state index contributed by atoms with van der Waals surface area (Å²) in [4.78, 5) is 31.4. The third-order valence-electron chi connectivity index (χ3n) is 5.08. The highest BCUT2D eigenvalue weighted by Gasteiger charge is 2.43. The molecule has 0 saturated carbocycles. The summed E-state index contributed by atoms with van der Waals surface area (Å²) in [5, 5.41) is 0. The van der Waals surface area contributed by atoms with Crippen LogP contribution >= 0.6 is 0 Å². The van der Waals surface area contributed by atoms with Gasteiger partial charge >= 0.3 is 0 Å². The van der Waals surface area contributed by atoms with E-state index in [4.69, 9.17) is 0 Å². The average molecular weight is 309 g/mol. The summed E-state index contributed by atoms with van der Waals surface area (Å²) in [5.41, 5.74) is 2.56. The second-order valence-electron chi connectivity index (χ2n) is 6.35. The van der Waals surface area contributed by atoms with Gasteiger partial charge in [-0.05, 0) is 30.4 Å². The molecule has 1 fully saturated rings. The van der Waals surface area contributed by atoms with E-state index >= 15 is 0 Å². The zero-order chi connectivity index (χ0) is 16.0. The van der Waals surface area contributed by atoms with Gasteiger partial charge in [0.1, 0.15) is 5.92 Å². The van der Waals surface area contributed by atoms with E-state index in [1.807, 2.05) is 17.0 Å². The Morgan fingerprint density at radius 1 is 1.26 bits per heavy atom. The molecule has 1 aliphatic heterocycles. The number of carbonyl (C=O) groups excluding carboxylic acids is 2. The summed E-state index contributed by atoms with van der Waals surface area (Å²) in [6, 6.07) is 8.42. The summed E-state index contributed by atoms with van der Waals surface area (Å²) in [6.07, 6.45) is 5.87. The van der Waals surface area contributed by atoms with Crippen LogP contribution in [0.5, 0.6) is 0 Å². The highest BCUT2D eigenvalue weighted by atomic mass is 16.2. The molecule has 0 N–H and O–H groups in total. The fourth-order valence-corrected chi connectivity index (χ4v) is 3.87. The smallest absolute Gasteiger partial charge is 0.234 e. The van der Waals surface area contributed by atoms with Crippen LogP contribution in [0.25, 0.3) is 0 Å². The van der Waals surface area contributed by atoms with Gasteiger partial charge in [-0.2, -0.15) is 0 Å². The van der Waals surface area contributed by atoms with Gasteiger partial charge < -0.3 is 9.47 Å². The summed E-state index contributed by atoms with van der Waals surface area (Å²) < 4.78 is 1.68. The minimum Gasteiger partial charge on any atom is -0.335 e. The number of nitrogens with zero attached hydrogens (tertiary/aromatic N) is 3. The van der Waals surface area contributed by atoms with Crippen LogP contribution in [0.3, 0.4) is 0 Å². The molecule has 1 aromatic carbocycles. The predicted molar refractivity (Wildman–Crippen MR) is 84.9 cm³/mol. The molecular formula is C18H19N3O2. The molecule has 4 rings (SSSR count). The third-order valence-corrected chi connectivity index (χ3v) is 5.08. The first-order chi connectivity index (χ1) is 11.2. The molecule has 1 saturated heterocycles. The Morgan fingerprint density at radius 3 is 2.87 bits per heavy atom. The predicted octanol–water partition coefficient (Wildman–Crippen LogP) is 2.14. The number of amides is 1. The van der Waals surface area contributed by atoms with Gasteiger partial charge in [0, 0.05) is 26.0 Å². The Balaban J connectivity index is 1.57. The molecular weight excluding hydrogens is 290 g/mol. The van der Waals surface area contributed by atoms with Crippen molar-refractivity contribution in [2.75, 3.05) is 6.54 Å². The van der Waals surface area contributed by atoms with Gasteiger partial charge in [0.2, 0.25) is 11.7 Å². The van der Waals surface area contributed by atoms with E-state index in [-0.39, 0.29) is 17.7 Å². The average Bonchev–Trinajstić information content (AvgIpc) is 3.25. The number of aromatic nitrogens is 2. The van der Waals surface area contributed by atoms with Crippen molar-refractivity contribution in [1.82, 2.24) is 14.5 Å². The van der Waals surface area contributed by atoms with Crippen molar-refractivity contribution in [1.29, 1.82) is 0 Å². The molecule has 118 valence electrons. The molecule has 23 heavy (non-hydrogen) atoms. The topological polar surface area (TPSA) is 55.2 Å². The van der Waals surface area contributed by atoms with Crippen LogP contribution in [-0.2, 0) is 18.3 Å². The maximum atomic E-state index is 12.8. The highest BCUT2D eigenvalue weighted by Crippen LogP contribution is 2.39. The number of ketones is 1. The SMILES string of the molecule is Cn1ccnc1C(=O)C1CCN(C2CCc3ccccc32)C1=O. The van der Waals surface area contributed by atoms with Crippen molar-refractivity contribution in [2.45, 2.75) is 25.3 Å². The minimum atomic E-state index is -0.580. The molecule has 2 heterocycles. The Hall–Kier alpha value is -2.43. The third kappa shape index (κ3) is 2.19. The molecule has 2 aliphatic rings. The van der Waals surface area contributed by atoms with Crippen molar-refractivity contribution in [3.05, 3.63) is 53.6 Å². The van der Waals surface area contributed by atoms with Gasteiger partial charge in [0.05, 0.1) is 6.04 Å². The Kier molecular flexibility index (Phi) is 3.29. The number of hydrogen-bond donors (Lipinski definition) is 0. The first kappa shape index (κ1) is 14.2. The van der Waals surface area contributed by atoms with Crippen LogP contribution in [-0.4, -0.2) is 32.7 Å². The van der Waals surface area contributed by atoms with Gasteiger partial charge in [-0.15, -0.1) is 0 Å². The van der Waals surface area contributed by atoms with Crippen molar-refractivity contribution in [3.63, 3.8) is 0 Å². The maximum Gasteiger partial charge on any atom is 0.234 e. The lowest BCUT2D eigenvalue weighted by Gasteiger charge is -2.25. The van der Waals surface area contributed by atoms with E-state index in [1.54, 1.807) is 24.0 Å². The van der Waals surface area contributed by atoms with Crippen LogP contribution in [0.15, 0.2) is 36.7 Å². The first-order valence-corrected chi connectivity index (χ1v) is 8.06. The second-order valence-corrected chi connectivity index (χ2v) is 6.35. The normalized spacial score (nSPS) is 23.3. The molecule has 0 bridgehead atoms. The van der Waals surface area contributed by atoms with E-state index in [0.717, 1.165) is 12.8 Å². The molecule has 2 unspecified atom stereocenters. The molecule has 2 aromatic rings. The largest absolute Gasteiger partial charge is 0.335 e. The van der Waals surface area contributed by atoms with Crippen LogP contribution in [0.2, 0.25) is 0 Å². The summed E-state index contributed by atoms with van der Waals surface area (Å²) in [6.45, 7) is 0.651. The molecule has 5 nitrogen and oxygen atoms in total. The molecule has 5 heteroatoms. The Bertz CT molecular complexity index is 780. The lowest BCUT2D eigenvalue weighted by Crippen LogP contribution is -2.33. The van der Waals surface area contributed by atoms with Gasteiger partial charge in [-0.1, -0.05) is 24.3 Å². The summed E-state index contributed by atoms with van der Waals surface area (Å²) in [5.74, 6) is -0.406. The molecule has 0 spiro atoms. The van der Waals surface area contributed by atoms with Crippen molar-refractivity contribution in [3.8, 4) is 0 Å². The van der Waals surface area contributed by atoms with Crippen LogP contribution < -0.4 is 0 Å². The van der Waals surface area contributed by atoms with Gasteiger partial charge in [0.15, 0.2) is 5.82 Å². The van der Waals surface area contributed by atoms with Gasteiger partial charge in [0.25, 0.3) is 0 Å². The van der Waals surface area contributed by atoms with Crippen LogP contribution in [0.4, 0.5) is 0 Å². The molecule has 1 aliphatic carbocycles. The Labute approximate surface area is 134 Å². The van der Waals surface area contributed by atoms with E-state index in [1.165, 1.54) is 11.1 Å². The minimum absolute atomic E-state index is 0.0419. The zero-order valence-corrected chi connectivity index (χ0v) is 13.1. The number of carbonyl (C=O) groups is 2. The molecule has 1 aromatic heterocycles. The lowest BCUT2D eigenvalue weighted by molar-refractivity contribution is -0.131. The lowest BCUT2D eigenvalue weighted by atomic mass is 10.0. The van der Waals surface area contributed by atoms with E-state index < -0.39 is 5.92 Å².